The maximum atomic E-state index is 12.8. The van der Waals surface area contributed by atoms with Crippen LogP contribution in [-0.2, 0) is 4.79 Å². The number of aromatic nitrogens is 2. The molecule has 3 aliphatic heterocycles. The Labute approximate surface area is 130 Å². The van der Waals surface area contributed by atoms with Crippen LogP contribution < -0.4 is 5.32 Å². The van der Waals surface area contributed by atoms with Crippen molar-refractivity contribution in [2.24, 2.45) is 0 Å². The number of piperidine rings is 1. The van der Waals surface area contributed by atoms with Gasteiger partial charge in [0.05, 0.1) is 12.1 Å². The van der Waals surface area contributed by atoms with Crippen LogP contribution in [0.3, 0.4) is 0 Å². The van der Waals surface area contributed by atoms with Crippen LogP contribution in [0.5, 0.6) is 0 Å². The highest BCUT2D eigenvalue weighted by molar-refractivity contribution is 5.82. The molecule has 1 amide bonds. The Hall–Kier alpha value is -1.88. The number of hydrogen-bond donors (Lipinski definition) is 2. The summed E-state index contributed by atoms with van der Waals surface area (Å²) in [6.45, 7) is 1.80. The lowest BCUT2D eigenvalue weighted by Crippen LogP contribution is -2.47. The molecule has 0 aromatic rings. The average molecular weight is 298 g/mol. The fraction of sp³-hybridized carbons (Fsp3) is 0.529. The molecule has 2 saturated heterocycles. The predicted molar refractivity (Wildman–Crippen MR) is 84.5 cm³/mol. The van der Waals surface area contributed by atoms with E-state index in [0.717, 1.165) is 62.3 Å². The molecule has 4 aliphatic rings. The third-order valence-corrected chi connectivity index (χ3v) is 4.92. The van der Waals surface area contributed by atoms with E-state index < -0.39 is 0 Å². The van der Waals surface area contributed by atoms with Crippen LogP contribution in [-0.4, -0.2) is 39.9 Å². The molecule has 5 heteroatoms. The number of hydrogen-bond acceptors (Lipinski definition) is 3. The molecule has 22 heavy (non-hydrogen) atoms. The van der Waals surface area contributed by atoms with Crippen molar-refractivity contribution in [1.82, 2.24) is 20.2 Å². The van der Waals surface area contributed by atoms with Crippen molar-refractivity contribution < 1.29 is 4.79 Å². The number of rotatable bonds is 2. The Morgan fingerprint density at radius 1 is 1.23 bits per heavy atom. The molecule has 3 heterocycles. The lowest BCUT2D eigenvalue weighted by atomic mass is 9.99. The van der Waals surface area contributed by atoms with E-state index in [9.17, 15) is 4.79 Å². The Balaban J connectivity index is 1.62. The second kappa shape index (κ2) is 5.72. The van der Waals surface area contributed by atoms with Gasteiger partial charge >= 0.3 is 0 Å². The molecule has 0 radical (unpaired) electrons. The Morgan fingerprint density at radius 2 is 2.18 bits per heavy atom. The fourth-order valence-electron chi connectivity index (χ4n) is 3.71. The maximum absolute atomic E-state index is 12.8. The smallest absolute Gasteiger partial charge is 0.240 e. The highest BCUT2D eigenvalue weighted by atomic mass is 16.2. The van der Waals surface area contributed by atoms with Crippen LogP contribution in [0.4, 0.5) is 0 Å². The van der Waals surface area contributed by atoms with Crippen LogP contribution in [0.15, 0.2) is 24.4 Å². The highest BCUT2D eigenvalue weighted by Crippen LogP contribution is 2.32. The molecular formula is C17H22N4O. The molecule has 116 valence electrons. The van der Waals surface area contributed by atoms with Crippen molar-refractivity contribution in [3.05, 3.63) is 30.2 Å². The van der Waals surface area contributed by atoms with Gasteiger partial charge in [0.2, 0.25) is 5.91 Å². The summed E-state index contributed by atoms with van der Waals surface area (Å²) in [4.78, 5) is 22.9. The minimum Gasteiger partial charge on any atom is -0.341 e. The van der Waals surface area contributed by atoms with Crippen LogP contribution in [0.25, 0.3) is 11.3 Å². The summed E-state index contributed by atoms with van der Waals surface area (Å²) in [5, 5.41) is 3.33. The number of carbonyl (C=O) groups is 1. The Bertz CT molecular complexity index is 631. The first kappa shape index (κ1) is 13.8. The molecule has 0 saturated carbocycles. The monoisotopic (exact) mass is 298 g/mol. The lowest BCUT2D eigenvalue weighted by Gasteiger charge is -2.36. The topological polar surface area (TPSA) is 61.0 Å². The summed E-state index contributed by atoms with van der Waals surface area (Å²) >= 11 is 0. The highest BCUT2D eigenvalue weighted by Gasteiger charge is 2.34. The van der Waals surface area contributed by atoms with Gasteiger partial charge in [0.25, 0.3) is 0 Å². The fourth-order valence-corrected chi connectivity index (χ4v) is 3.71. The molecule has 5 nitrogen and oxygen atoms in total. The molecule has 1 aliphatic carbocycles. The molecule has 0 bridgehead atoms. The second-order valence-corrected chi connectivity index (χ2v) is 6.36. The zero-order chi connectivity index (χ0) is 14.9. The van der Waals surface area contributed by atoms with Gasteiger partial charge in [-0.3, -0.25) is 4.79 Å². The lowest BCUT2D eigenvalue weighted by molar-refractivity contribution is -0.137. The number of likely N-dealkylation sites (tertiary alicyclic amines) is 1. The van der Waals surface area contributed by atoms with Crippen molar-refractivity contribution in [2.45, 2.75) is 44.2 Å². The standard InChI is InChI=1S/C17H22N4O/c22-17(14-7-4-9-18-14)21-10-2-1-8-15(21)16-19-11-12-5-3-6-13(12)20-16/h3,5-6,11,14-15,18H,1-2,4,7-10H2,(H,19,20). The molecule has 2 N–H and O–H groups in total. The molecule has 0 aromatic carbocycles. The minimum atomic E-state index is 0.00302. The van der Waals surface area contributed by atoms with Crippen LogP contribution in [0, 0.1) is 0 Å². The zero-order valence-electron chi connectivity index (χ0n) is 12.7. The van der Waals surface area contributed by atoms with Crippen molar-refractivity contribution in [1.29, 1.82) is 0 Å². The quantitative estimate of drug-likeness (QED) is 0.894. The minimum absolute atomic E-state index is 0.00302. The molecule has 0 spiro atoms. The summed E-state index contributed by atoms with van der Waals surface area (Å²) < 4.78 is 0. The second-order valence-electron chi connectivity index (χ2n) is 6.36. The van der Waals surface area contributed by atoms with E-state index >= 15 is 0 Å². The van der Waals surface area contributed by atoms with Gasteiger partial charge in [-0.2, -0.15) is 0 Å². The zero-order valence-corrected chi connectivity index (χ0v) is 12.7. The largest absolute Gasteiger partial charge is 0.341 e. The normalized spacial score (nSPS) is 25.7. The van der Waals surface area contributed by atoms with Gasteiger partial charge in [-0.15, -0.1) is 0 Å². The number of carbonyl (C=O) groups excluding carboxylic acids is 1. The van der Waals surface area contributed by atoms with Crippen LogP contribution in [0.2, 0.25) is 0 Å². The van der Waals surface area contributed by atoms with Gasteiger partial charge in [-0.25, -0.2) is 4.98 Å². The molecule has 4 rings (SSSR count). The van der Waals surface area contributed by atoms with Crippen LogP contribution in [0.1, 0.15) is 44.0 Å². The van der Waals surface area contributed by atoms with E-state index in [-0.39, 0.29) is 18.0 Å². The number of nitrogens with zero attached hydrogens (tertiary/aromatic N) is 2. The summed E-state index contributed by atoms with van der Waals surface area (Å²) in [6.07, 6.45) is 7.20. The van der Waals surface area contributed by atoms with E-state index in [1.54, 1.807) is 0 Å². The van der Waals surface area contributed by atoms with Crippen molar-refractivity contribution in [3.8, 4) is 11.3 Å². The first-order chi connectivity index (χ1) is 10.8. The van der Waals surface area contributed by atoms with Gasteiger partial charge in [0.1, 0.15) is 5.82 Å². The van der Waals surface area contributed by atoms with E-state index in [0.29, 0.717) is 0 Å². The van der Waals surface area contributed by atoms with Crippen molar-refractivity contribution in [2.75, 3.05) is 13.1 Å². The molecule has 2 fully saturated rings. The summed E-state index contributed by atoms with van der Waals surface area (Å²) in [5.41, 5.74) is 2.22. The van der Waals surface area contributed by atoms with Crippen LogP contribution >= 0.6 is 0 Å². The summed E-state index contributed by atoms with van der Waals surface area (Å²) in [6, 6.07) is 6.23. The maximum Gasteiger partial charge on any atom is 0.240 e. The van der Waals surface area contributed by atoms with E-state index in [1.165, 1.54) is 0 Å². The average Bonchev–Trinajstić information content (AvgIpc) is 3.24. The first-order valence-corrected chi connectivity index (χ1v) is 8.30. The van der Waals surface area contributed by atoms with Gasteiger partial charge in [0.15, 0.2) is 0 Å². The Morgan fingerprint density at radius 3 is 3.05 bits per heavy atom. The van der Waals surface area contributed by atoms with E-state index in [4.69, 9.17) is 0 Å². The van der Waals surface area contributed by atoms with E-state index in [2.05, 4.69) is 27.4 Å². The van der Waals surface area contributed by atoms with E-state index in [1.807, 2.05) is 17.2 Å². The van der Waals surface area contributed by atoms with Crippen molar-refractivity contribution >= 4 is 5.91 Å². The van der Waals surface area contributed by atoms with Crippen molar-refractivity contribution in [3.63, 3.8) is 0 Å². The number of aromatic amines is 1. The number of fused-ring (bicyclic) bond motifs is 1. The third-order valence-electron chi connectivity index (χ3n) is 4.92. The van der Waals surface area contributed by atoms with Gasteiger partial charge in [-0.05, 0) is 44.7 Å². The van der Waals surface area contributed by atoms with Gasteiger partial charge < -0.3 is 15.2 Å². The number of nitrogens with one attached hydrogen (secondary N) is 2. The third kappa shape index (κ3) is 2.39. The van der Waals surface area contributed by atoms with Gasteiger partial charge in [-0.1, -0.05) is 12.1 Å². The number of H-pyrrole nitrogens is 1. The number of amides is 1. The SMILES string of the molecule is O=C(C1CCCN1)N1CCCCC1c1ncc2cccc-2[nH]1. The van der Waals surface area contributed by atoms with Gasteiger partial charge in [0, 0.05) is 24.0 Å². The summed E-state index contributed by atoms with van der Waals surface area (Å²) in [5.74, 6) is 1.17. The molecule has 2 unspecified atom stereocenters. The Kier molecular flexibility index (Phi) is 3.58. The molecule has 0 aromatic heterocycles. The first-order valence-electron chi connectivity index (χ1n) is 8.30. The summed E-state index contributed by atoms with van der Waals surface area (Å²) in [7, 11) is 0. The predicted octanol–water partition coefficient (Wildman–Crippen LogP) is 2.32. The molecular weight excluding hydrogens is 276 g/mol. The molecule has 2 atom stereocenters.